The van der Waals surface area contributed by atoms with E-state index in [0.29, 0.717) is 17.9 Å². The summed E-state index contributed by atoms with van der Waals surface area (Å²) >= 11 is 0. The first-order chi connectivity index (χ1) is 13.5. The number of methoxy groups -OCH3 is 2. The van der Waals surface area contributed by atoms with Gasteiger partial charge in [-0.05, 0) is 54.4 Å². The standard InChI is InChI=1S/C22H23NO5/c1-14-4-5-15(13-24)10-19(14)23-22(25)21-9-7-18(28-21)12-16-11-17(26-2)6-8-20(16)27-3/h4-11,24H,12-13H2,1-3H3,(H,23,25). The minimum atomic E-state index is -0.345. The maximum Gasteiger partial charge on any atom is 0.291 e. The van der Waals surface area contributed by atoms with Gasteiger partial charge in [0.25, 0.3) is 5.91 Å². The monoisotopic (exact) mass is 381 g/mol. The van der Waals surface area contributed by atoms with Crippen molar-refractivity contribution in [2.75, 3.05) is 19.5 Å². The van der Waals surface area contributed by atoms with E-state index in [4.69, 9.17) is 13.9 Å². The van der Waals surface area contributed by atoms with Gasteiger partial charge in [-0.3, -0.25) is 4.79 Å². The number of carbonyl (C=O) groups excluding carboxylic acids is 1. The quantitative estimate of drug-likeness (QED) is 0.648. The molecular weight excluding hydrogens is 358 g/mol. The van der Waals surface area contributed by atoms with Crippen molar-refractivity contribution in [3.8, 4) is 11.5 Å². The van der Waals surface area contributed by atoms with Crippen LogP contribution in [0.5, 0.6) is 11.5 Å². The Morgan fingerprint density at radius 2 is 1.89 bits per heavy atom. The van der Waals surface area contributed by atoms with Crippen LogP contribution in [-0.2, 0) is 13.0 Å². The van der Waals surface area contributed by atoms with Crippen LogP contribution in [0.2, 0.25) is 0 Å². The number of aliphatic hydroxyl groups excluding tert-OH is 1. The van der Waals surface area contributed by atoms with Crippen LogP contribution in [0, 0.1) is 6.92 Å². The van der Waals surface area contributed by atoms with E-state index < -0.39 is 0 Å². The van der Waals surface area contributed by atoms with Gasteiger partial charge in [-0.25, -0.2) is 0 Å². The fourth-order valence-corrected chi connectivity index (χ4v) is 2.89. The number of anilines is 1. The topological polar surface area (TPSA) is 80.9 Å². The molecule has 6 heteroatoms. The van der Waals surface area contributed by atoms with Crippen molar-refractivity contribution < 1.29 is 23.8 Å². The smallest absolute Gasteiger partial charge is 0.291 e. The maximum absolute atomic E-state index is 12.5. The third kappa shape index (κ3) is 4.35. The van der Waals surface area contributed by atoms with E-state index in [9.17, 15) is 9.90 Å². The summed E-state index contributed by atoms with van der Waals surface area (Å²) in [6.45, 7) is 1.80. The van der Waals surface area contributed by atoms with E-state index in [1.165, 1.54) is 0 Å². The van der Waals surface area contributed by atoms with Crippen molar-refractivity contribution in [3.63, 3.8) is 0 Å². The molecule has 0 fully saturated rings. The van der Waals surface area contributed by atoms with Gasteiger partial charge < -0.3 is 24.3 Å². The average Bonchev–Trinajstić information content (AvgIpc) is 3.18. The third-order valence-electron chi connectivity index (χ3n) is 4.47. The lowest BCUT2D eigenvalue weighted by Gasteiger charge is -2.10. The summed E-state index contributed by atoms with van der Waals surface area (Å²) in [4.78, 5) is 12.5. The molecule has 0 aliphatic carbocycles. The van der Waals surface area contributed by atoms with Crippen LogP contribution >= 0.6 is 0 Å². The molecule has 0 radical (unpaired) electrons. The van der Waals surface area contributed by atoms with Crippen LogP contribution in [-0.4, -0.2) is 25.2 Å². The third-order valence-corrected chi connectivity index (χ3v) is 4.47. The molecule has 0 unspecified atom stereocenters. The molecule has 0 spiro atoms. The van der Waals surface area contributed by atoms with Crippen molar-refractivity contribution in [2.24, 2.45) is 0 Å². The molecular formula is C22H23NO5. The molecule has 1 amide bonds. The van der Waals surface area contributed by atoms with Crippen LogP contribution in [0.15, 0.2) is 52.9 Å². The molecule has 0 saturated heterocycles. The molecule has 0 bridgehead atoms. The Labute approximate surface area is 163 Å². The number of ether oxygens (including phenoxy) is 2. The Hall–Kier alpha value is -3.25. The summed E-state index contributed by atoms with van der Waals surface area (Å²) in [5, 5.41) is 12.1. The number of hydrogen-bond donors (Lipinski definition) is 2. The summed E-state index contributed by atoms with van der Waals surface area (Å²) in [5.74, 6) is 1.95. The van der Waals surface area contributed by atoms with Gasteiger partial charge in [0.1, 0.15) is 17.3 Å². The van der Waals surface area contributed by atoms with Crippen molar-refractivity contribution in [1.82, 2.24) is 0 Å². The average molecular weight is 381 g/mol. The minimum absolute atomic E-state index is 0.0869. The molecule has 0 aliphatic rings. The molecule has 146 valence electrons. The highest BCUT2D eigenvalue weighted by Crippen LogP contribution is 2.27. The van der Waals surface area contributed by atoms with Crippen molar-refractivity contribution in [2.45, 2.75) is 20.0 Å². The summed E-state index contributed by atoms with van der Waals surface area (Å²) in [7, 11) is 3.21. The highest BCUT2D eigenvalue weighted by molar-refractivity contribution is 6.02. The van der Waals surface area contributed by atoms with Gasteiger partial charge >= 0.3 is 0 Å². The van der Waals surface area contributed by atoms with Crippen LogP contribution in [0.4, 0.5) is 5.69 Å². The van der Waals surface area contributed by atoms with Gasteiger partial charge in [-0.2, -0.15) is 0 Å². The fourth-order valence-electron chi connectivity index (χ4n) is 2.89. The second-order valence-electron chi connectivity index (χ2n) is 6.38. The van der Waals surface area contributed by atoms with Crippen LogP contribution in [0.25, 0.3) is 0 Å². The van der Waals surface area contributed by atoms with Gasteiger partial charge in [-0.1, -0.05) is 12.1 Å². The Morgan fingerprint density at radius 3 is 2.61 bits per heavy atom. The second kappa shape index (κ2) is 8.63. The van der Waals surface area contributed by atoms with Crippen LogP contribution < -0.4 is 14.8 Å². The Balaban J connectivity index is 1.76. The van der Waals surface area contributed by atoms with Gasteiger partial charge in [-0.15, -0.1) is 0 Å². The van der Waals surface area contributed by atoms with Crippen LogP contribution in [0.3, 0.4) is 0 Å². The van der Waals surface area contributed by atoms with Crippen molar-refractivity contribution in [3.05, 3.63) is 76.7 Å². The SMILES string of the molecule is COc1ccc(OC)c(Cc2ccc(C(=O)Nc3cc(CO)ccc3C)o2)c1. The first-order valence-electron chi connectivity index (χ1n) is 8.85. The van der Waals surface area contributed by atoms with E-state index in [1.54, 1.807) is 32.4 Å². The number of carbonyl (C=O) groups is 1. The van der Waals surface area contributed by atoms with Gasteiger partial charge in [0.05, 0.1) is 20.8 Å². The molecule has 3 aromatic rings. The maximum atomic E-state index is 12.5. The number of hydrogen-bond acceptors (Lipinski definition) is 5. The Morgan fingerprint density at radius 1 is 1.07 bits per heavy atom. The Bertz CT molecular complexity index is 977. The van der Waals surface area contributed by atoms with Crippen molar-refractivity contribution in [1.29, 1.82) is 0 Å². The van der Waals surface area contributed by atoms with Gasteiger partial charge in [0, 0.05) is 17.7 Å². The molecule has 3 rings (SSSR count). The number of amides is 1. The number of aryl methyl sites for hydroxylation is 1. The number of rotatable bonds is 7. The molecule has 0 aliphatic heterocycles. The second-order valence-corrected chi connectivity index (χ2v) is 6.38. The summed E-state index contributed by atoms with van der Waals surface area (Å²) < 4.78 is 16.4. The van der Waals surface area contributed by atoms with E-state index in [-0.39, 0.29) is 18.3 Å². The largest absolute Gasteiger partial charge is 0.497 e. The normalized spacial score (nSPS) is 10.6. The molecule has 2 aromatic carbocycles. The lowest BCUT2D eigenvalue weighted by molar-refractivity contribution is 0.0995. The number of nitrogens with one attached hydrogen (secondary N) is 1. The van der Waals surface area contributed by atoms with E-state index >= 15 is 0 Å². The molecule has 28 heavy (non-hydrogen) atoms. The van der Waals surface area contributed by atoms with Gasteiger partial charge in [0.15, 0.2) is 5.76 Å². The van der Waals surface area contributed by atoms with E-state index in [2.05, 4.69) is 5.32 Å². The molecule has 0 atom stereocenters. The van der Waals surface area contributed by atoms with E-state index in [1.807, 2.05) is 37.3 Å². The predicted molar refractivity (Wildman–Crippen MR) is 106 cm³/mol. The van der Waals surface area contributed by atoms with E-state index in [0.717, 1.165) is 28.2 Å². The summed E-state index contributed by atoms with van der Waals surface area (Å²) in [6, 6.07) is 14.4. The molecule has 1 aromatic heterocycles. The highest BCUT2D eigenvalue weighted by Gasteiger charge is 2.15. The zero-order valence-corrected chi connectivity index (χ0v) is 16.1. The molecule has 2 N–H and O–H groups in total. The number of benzene rings is 2. The lowest BCUT2D eigenvalue weighted by Crippen LogP contribution is -2.12. The van der Waals surface area contributed by atoms with Crippen LogP contribution in [0.1, 0.15) is 33.0 Å². The zero-order valence-electron chi connectivity index (χ0n) is 16.1. The summed E-state index contributed by atoms with van der Waals surface area (Å²) in [6.07, 6.45) is 0.465. The molecule has 1 heterocycles. The van der Waals surface area contributed by atoms with Crippen molar-refractivity contribution >= 4 is 11.6 Å². The summed E-state index contributed by atoms with van der Waals surface area (Å²) in [5.41, 5.74) is 3.17. The minimum Gasteiger partial charge on any atom is -0.497 e. The first-order valence-corrected chi connectivity index (χ1v) is 8.85. The highest BCUT2D eigenvalue weighted by atomic mass is 16.5. The van der Waals surface area contributed by atoms with Gasteiger partial charge in [0.2, 0.25) is 0 Å². The lowest BCUT2D eigenvalue weighted by atomic mass is 10.1. The first kappa shape index (κ1) is 19.5. The fraction of sp³-hybridized carbons (Fsp3) is 0.227. The predicted octanol–water partition coefficient (Wildman–Crippen LogP) is 3.94. The zero-order chi connectivity index (χ0) is 20.1. The molecule has 0 saturated carbocycles. The Kier molecular flexibility index (Phi) is 6.01. The number of aliphatic hydroxyl groups is 1. The molecule has 6 nitrogen and oxygen atoms in total. The number of furan rings is 1.